The van der Waals surface area contributed by atoms with Gasteiger partial charge in [0.05, 0.1) is 0 Å². The summed E-state index contributed by atoms with van der Waals surface area (Å²) in [5.41, 5.74) is 1.08. The summed E-state index contributed by atoms with van der Waals surface area (Å²) < 4.78 is 10.9. The molecule has 0 saturated heterocycles. The highest BCUT2D eigenvalue weighted by Gasteiger charge is 2.14. The van der Waals surface area contributed by atoms with Crippen molar-refractivity contribution < 1.29 is 14.6 Å². The Hall–Kier alpha value is -1.40. The fourth-order valence-corrected chi connectivity index (χ4v) is 3.65. The maximum atomic E-state index is 10.4. The van der Waals surface area contributed by atoms with Gasteiger partial charge in [-0.3, -0.25) is 4.90 Å². The fourth-order valence-electron chi connectivity index (χ4n) is 2.71. The van der Waals surface area contributed by atoms with Crippen LogP contribution >= 0.6 is 11.3 Å². The molecule has 2 aromatic rings. The number of hydrogen-bond acceptors (Lipinski definition) is 5. The van der Waals surface area contributed by atoms with E-state index in [-0.39, 0.29) is 0 Å². The number of aliphatic hydroxyl groups is 1. The Morgan fingerprint density at radius 1 is 1.16 bits per heavy atom. The van der Waals surface area contributed by atoms with Crippen LogP contribution in [0.2, 0.25) is 0 Å². The van der Waals surface area contributed by atoms with E-state index in [0.29, 0.717) is 13.2 Å². The Morgan fingerprint density at radius 2 is 1.96 bits per heavy atom. The van der Waals surface area contributed by atoms with Crippen LogP contribution < -0.4 is 4.74 Å². The first kappa shape index (κ1) is 19.9. The third-order valence-corrected chi connectivity index (χ3v) is 4.98. The van der Waals surface area contributed by atoms with Gasteiger partial charge >= 0.3 is 0 Å². The van der Waals surface area contributed by atoms with E-state index in [1.165, 1.54) is 9.75 Å². The van der Waals surface area contributed by atoms with Crippen LogP contribution in [0.1, 0.15) is 21.7 Å². The van der Waals surface area contributed by atoms with Crippen molar-refractivity contribution >= 4 is 11.3 Å². The maximum Gasteiger partial charge on any atom is 0.122 e. The lowest BCUT2D eigenvalue weighted by atomic mass is 10.2. The smallest absolute Gasteiger partial charge is 0.122 e. The first-order valence-electron chi connectivity index (χ1n) is 8.71. The highest BCUT2D eigenvalue weighted by atomic mass is 32.1. The first-order valence-corrected chi connectivity index (χ1v) is 9.53. The summed E-state index contributed by atoms with van der Waals surface area (Å²) in [6.07, 6.45) is 0.426. The van der Waals surface area contributed by atoms with Crippen molar-refractivity contribution in [3.63, 3.8) is 0 Å². The Morgan fingerprint density at radius 3 is 2.64 bits per heavy atom. The minimum Gasteiger partial charge on any atom is -0.491 e. The zero-order valence-electron chi connectivity index (χ0n) is 15.4. The highest BCUT2D eigenvalue weighted by Crippen LogP contribution is 2.18. The third kappa shape index (κ3) is 7.16. The van der Waals surface area contributed by atoms with Crippen LogP contribution in [0, 0.1) is 13.8 Å². The van der Waals surface area contributed by atoms with Gasteiger partial charge in [0.15, 0.2) is 0 Å². The summed E-state index contributed by atoms with van der Waals surface area (Å²) in [7, 11) is 1.72. The van der Waals surface area contributed by atoms with E-state index in [1.54, 1.807) is 7.11 Å². The predicted octanol–water partition coefficient (Wildman–Crippen LogP) is 3.64. The van der Waals surface area contributed by atoms with Crippen molar-refractivity contribution in [3.8, 4) is 5.75 Å². The average molecular weight is 364 g/mol. The molecule has 0 aliphatic carbocycles. The summed E-state index contributed by atoms with van der Waals surface area (Å²) in [5, 5.41) is 10.4. The lowest BCUT2D eigenvalue weighted by Crippen LogP contribution is -2.36. The van der Waals surface area contributed by atoms with Crippen LogP contribution in [0.4, 0.5) is 0 Å². The van der Waals surface area contributed by atoms with E-state index in [1.807, 2.05) is 42.5 Å². The molecular weight excluding hydrogens is 334 g/mol. The van der Waals surface area contributed by atoms with Crippen LogP contribution in [0.5, 0.6) is 5.75 Å². The molecule has 1 aromatic carbocycles. The Labute approximate surface area is 155 Å². The molecule has 2 rings (SSSR count). The molecule has 0 aliphatic heterocycles. The van der Waals surface area contributed by atoms with Crippen LogP contribution in [-0.4, -0.2) is 49.5 Å². The van der Waals surface area contributed by atoms with Gasteiger partial charge < -0.3 is 14.6 Å². The lowest BCUT2D eigenvalue weighted by molar-refractivity contribution is 0.0619. The highest BCUT2D eigenvalue weighted by molar-refractivity contribution is 7.11. The summed E-state index contributed by atoms with van der Waals surface area (Å²) in [6, 6.07) is 12.2. The van der Waals surface area contributed by atoms with Gasteiger partial charge in [0.25, 0.3) is 0 Å². The predicted molar refractivity (Wildman–Crippen MR) is 104 cm³/mol. The van der Waals surface area contributed by atoms with E-state index in [2.05, 4.69) is 24.0 Å². The number of aryl methyl sites for hydroxylation is 2. The van der Waals surface area contributed by atoms with Crippen molar-refractivity contribution in [1.82, 2.24) is 4.90 Å². The van der Waals surface area contributed by atoms with Gasteiger partial charge in [0.1, 0.15) is 18.5 Å². The van der Waals surface area contributed by atoms with E-state index in [4.69, 9.17) is 9.47 Å². The van der Waals surface area contributed by atoms with Crippen molar-refractivity contribution in [1.29, 1.82) is 0 Å². The Bertz CT molecular complexity index is 629. The second-order valence-electron chi connectivity index (χ2n) is 6.32. The molecule has 5 heteroatoms. The molecule has 0 spiro atoms. The molecule has 1 unspecified atom stereocenters. The van der Waals surface area contributed by atoms with E-state index in [0.717, 1.165) is 37.4 Å². The molecule has 1 N–H and O–H groups in total. The van der Waals surface area contributed by atoms with Crippen molar-refractivity contribution in [2.75, 3.05) is 33.4 Å². The summed E-state index contributed by atoms with van der Waals surface area (Å²) in [4.78, 5) is 4.91. The standard InChI is InChI=1S/C20H29NO3S/c1-16-7-4-5-8-20(16)24-15-18(22)13-21(11-6-12-23-3)14-19-10-9-17(2)25-19/h4-5,7-10,18,22H,6,11-15H2,1-3H3. The largest absolute Gasteiger partial charge is 0.491 e. The molecule has 0 aliphatic rings. The van der Waals surface area contributed by atoms with Gasteiger partial charge in [-0.05, 0) is 44.0 Å². The first-order chi connectivity index (χ1) is 12.1. The second-order valence-corrected chi connectivity index (χ2v) is 7.70. The van der Waals surface area contributed by atoms with Gasteiger partial charge in [-0.15, -0.1) is 11.3 Å². The molecule has 0 amide bonds. The number of nitrogens with zero attached hydrogens (tertiary/aromatic N) is 1. The molecule has 0 radical (unpaired) electrons. The van der Waals surface area contributed by atoms with Crippen LogP contribution in [0.3, 0.4) is 0 Å². The zero-order valence-corrected chi connectivity index (χ0v) is 16.2. The molecule has 1 aromatic heterocycles. The van der Waals surface area contributed by atoms with Gasteiger partial charge in [-0.2, -0.15) is 0 Å². The van der Waals surface area contributed by atoms with E-state index < -0.39 is 6.10 Å². The third-order valence-electron chi connectivity index (χ3n) is 3.99. The normalized spacial score (nSPS) is 12.5. The number of thiophene rings is 1. The second kappa shape index (κ2) is 10.6. The van der Waals surface area contributed by atoms with Crippen molar-refractivity contribution in [2.45, 2.75) is 32.9 Å². The lowest BCUT2D eigenvalue weighted by Gasteiger charge is -2.25. The molecule has 1 heterocycles. The number of hydrogen-bond donors (Lipinski definition) is 1. The van der Waals surface area contributed by atoms with Crippen LogP contribution in [0.25, 0.3) is 0 Å². The molecule has 138 valence electrons. The minimum absolute atomic E-state index is 0.301. The van der Waals surface area contributed by atoms with Gasteiger partial charge in [-0.1, -0.05) is 18.2 Å². The molecule has 0 saturated carbocycles. The van der Waals surface area contributed by atoms with Crippen LogP contribution in [-0.2, 0) is 11.3 Å². The number of methoxy groups -OCH3 is 1. The molecule has 1 atom stereocenters. The Balaban J connectivity index is 1.86. The topological polar surface area (TPSA) is 41.9 Å². The van der Waals surface area contributed by atoms with Gasteiger partial charge in [-0.25, -0.2) is 0 Å². The fraction of sp³-hybridized carbons (Fsp3) is 0.500. The average Bonchev–Trinajstić information content (AvgIpc) is 2.99. The SMILES string of the molecule is COCCCN(Cc1ccc(C)s1)CC(O)COc1ccccc1C. The summed E-state index contributed by atoms with van der Waals surface area (Å²) in [5.74, 6) is 0.835. The quantitative estimate of drug-likeness (QED) is 0.619. The number of rotatable bonds is 11. The molecular formula is C20H29NO3S. The monoisotopic (exact) mass is 363 g/mol. The van der Waals surface area contributed by atoms with Gasteiger partial charge in [0, 0.05) is 43.1 Å². The maximum absolute atomic E-state index is 10.4. The van der Waals surface area contributed by atoms with E-state index >= 15 is 0 Å². The van der Waals surface area contributed by atoms with Crippen molar-refractivity contribution in [3.05, 3.63) is 51.7 Å². The van der Waals surface area contributed by atoms with Crippen molar-refractivity contribution in [2.24, 2.45) is 0 Å². The molecule has 0 fully saturated rings. The zero-order chi connectivity index (χ0) is 18.1. The molecule has 0 bridgehead atoms. The number of aliphatic hydroxyl groups excluding tert-OH is 1. The molecule has 25 heavy (non-hydrogen) atoms. The summed E-state index contributed by atoms with van der Waals surface area (Å²) >= 11 is 1.81. The molecule has 4 nitrogen and oxygen atoms in total. The number of para-hydroxylation sites is 1. The van der Waals surface area contributed by atoms with E-state index in [9.17, 15) is 5.11 Å². The van der Waals surface area contributed by atoms with Gasteiger partial charge in [0.2, 0.25) is 0 Å². The number of benzene rings is 1. The number of ether oxygens (including phenoxy) is 2. The minimum atomic E-state index is -0.525. The Kier molecular flexibility index (Phi) is 8.41. The van der Waals surface area contributed by atoms with Crippen LogP contribution in [0.15, 0.2) is 36.4 Å². The summed E-state index contributed by atoms with van der Waals surface area (Å²) in [6.45, 7) is 7.50.